The highest BCUT2D eigenvalue weighted by Crippen LogP contribution is 2.32. The van der Waals surface area contributed by atoms with Crippen molar-refractivity contribution in [2.45, 2.75) is 32.6 Å². The Bertz CT molecular complexity index is 1120. The highest BCUT2D eigenvalue weighted by Gasteiger charge is 2.36. The predicted molar refractivity (Wildman–Crippen MR) is 123 cm³/mol. The number of amides is 2. The van der Waals surface area contributed by atoms with E-state index in [4.69, 9.17) is 0 Å². The highest BCUT2D eigenvalue weighted by molar-refractivity contribution is 9.10. The van der Waals surface area contributed by atoms with Gasteiger partial charge >= 0.3 is 0 Å². The molecule has 4 rings (SSSR count). The molecule has 0 bridgehead atoms. The number of halogens is 1. The van der Waals surface area contributed by atoms with Crippen LogP contribution in [-0.2, 0) is 15.0 Å². The molecular formula is C23H24BrN5O2. The van der Waals surface area contributed by atoms with Crippen molar-refractivity contribution in [2.75, 3.05) is 16.8 Å². The predicted octanol–water partition coefficient (Wildman–Crippen LogP) is 4.32. The summed E-state index contributed by atoms with van der Waals surface area (Å²) in [5.41, 5.74) is 1.42. The molecule has 0 saturated carbocycles. The molecule has 3 aromatic rings. The smallest absolute Gasteiger partial charge is 0.230 e. The molecule has 1 fully saturated rings. The maximum absolute atomic E-state index is 13.1. The van der Waals surface area contributed by atoms with Gasteiger partial charge in [-0.1, -0.05) is 39.0 Å². The average Bonchev–Trinajstić information content (AvgIpc) is 3.33. The number of aromatic nitrogens is 3. The van der Waals surface area contributed by atoms with E-state index in [1.807, 2.05) is 48.5 Å². The monoisotopic (exact) mass is 481 g/mol. The van der Waals surface area contributed by atoms with Gasteiger partial charge in [-0.25, -0.2) is 4.98 Å². The zero-order valence-electron chi connectivity index (χ0n) is 17.7. The highest BCUT2D eigenvalue weighted by atomic mass is 79.9. The molecule has 0 aliphatic carbocycles. The zero-order valence-corrected chi connectivity index (χ0v) is 19.3. The van der Waals surface area contributed by atoms with E-state index in [0.717, 1.165) is 15.9 Å². The largest absolute Gasteiger partial charge is 0.310 e. The molecule has 2 aromatic heterocycles. The van der Waals surface area contributed by atoms with Crippen LogP contribution in [0.5, 0.6) is 0 Å². The molecule has 31 heavy (non-hydrogen) atoms. The summed E-state index contributed by atoms with van der Waals surface area (Å²) >= 11 is 3.49. The van der Waals surface area contributed by atoms with Crippen molar-refractivity contribution in [3.8, 4) is 5.82 Å². The third-order valence-corrected chi connectivity index (χ3v) is 5.90. The normalized spacial score (nSPS) is 16.6. The van der Waals surface area contributed by atoms with Crippen LogP contribution in [0.4, 0.5) is 11.5 Å². The van der Waals surface area contributed by atoms with E-state index in [9.17, 15) is 9.59 Å². The van der Waals surface area contributed by atoms with Crippen molar-refractivity contribution >= 4 is 39.2 Å². The van der Waals surface area contributed by atoms with Gasteiger partial charge in [0.1, 0.15) is 5.82 Å². The molecule has 1 aliphatic heterocycles. The lowest BCUT2D eigenvalue weighted by molar-refractivity contribution is -0.122. The first-order valence-electron chi connectivity index (χ1n) is 10.1. The van der Waals surface area contributed by atoms with E-state index in [2.05, 4.69) is 52.1 Å². The Morgan fingerprint density at radius 1 is 1.16 bits per heavy atom. The summed E-state index contributed by atoms with van der Waals surface area (Å²) in [6, 6.07) is 14.9. The fourth-order valence-corrected chi connectivity index (χ4v) is 4.00. The minimum absolute atomic E-state index is 0.0688. The molecule has 0 spiro atoms. The van der Waals surface area contributed by atoms with Gasteiger partial charge < -0.3 is 10.2 Å². The van der Waals surface area contributed by atoms with Crippen molar-refractivity contribution in [2.24, 2.45) is 5.92 Å². The molecule has 1 N–H and O–H groups in total. The van der Waals surface area contributed by atoms with Gasteiger partial charge in [-0.2, -0.15) is 9.78 Å². The molecule has 1 aromatic carbocycles. The van der Waals surface area contributed by atoms with E-state index < -0.39 is 5.92 Å². The number of nitrogens with one attached hydrogen (secondary N) is 1. The summed E-state index contributed by atoms with van der Waals surface area (Å²) in [6.45, 7) is 6.52. The fourth-order valence-electron chi connectivity index (χ4n) is 3.51. The van der Waals surface area contributed by atoms with Gasteiger partial charge in [-0.05, 0) is 40.2 Å². The second kappa shape index (κ2) is 8.26. The van der Waals surface area contributed by atoms with Crippen LogP contribution in [0.1, 0.15) is 32.9 Å². The van der Waals surface area contributed by atoms with E-state index in [-0.39, 0.29) is 23.7 Å². The number of nitrogens with zero attached hydrogens (tertiary/aromatic N) is 4. The van der Waals surface area contributed by atoms with Gasteiger partial charge in [0.2, 0.25) is 11.8 Å². The summed E-state index contributed by atoms with van der Waals surface area (Å²) in [7, 11) is 0. The summed E-state index contributed by atoms with van der Waals surface area (Å²) < 4.78 is 2.47. The minimum Gasteiger partial charge on any atom is -0.310 e. The van der Waals surface area contributed by atoms with Crippen LogP contribution in [-0.4, -0.2) is 33.1 Å². The standard InChI is InChI=1S/C23H24BrN5O2/c1-23(2,3)18-13-20(29(27-18)19-10-6-7-11-25-19)26-22(31)15-12-21(30)28(14-15)17-9-5-4-8-16(17)24/h4-11,13,15H,12,14H2,1-3H3,(H,26,31). The summed E-state index contributed by atoms with van der Waals surface area (Å²) in [5, 5.41) is 7.66. The van der Waals surface area contributed by atoms with Crippen molar-refractivity contribution in [1.82, 2.24) is 14.8 Å². The van der Waals surface area contributed by atoms with E-state index >= 15 is 0 Å². The third-order valence-electron chi connectivity index (χ3n) is 5.23. The Morgan fingerprint density at radius 2 is 1.90 bits per heavy atom. The SMILES string of the molecule is CC(C)(C)c1cc(NC(=O)C2CC(=O)N(c3ccccc3Br)C2)n(-c2ccccn2)n1. The second-order valence-corrected chi connectivity index (χ2v) is 9.46. The lowest BCUT2D eigenvalue weighted by atomic mass is 9.92. The maximum Gasteiger partial charge on any atom is 0.230 e. The number of hydrogen-bond acceptors (Lipinski definition) is 4. The van der Waals surface area contributed by atoms with Crippen LogP contribution in [0, 0.1) is 5.92 Å². The molecular weight excluding hydrogens is 458 g/mol. The lowest BCUT2D eigenvalue weighted by Gasteiger charge is -2.18. The number of carbonyl (C=O) groups is 2. The quantitative estimate of drug-likeness (QED) is 0.601. The number of benzene rings is 1. The molecule has 1 saturated heterocycles. The van der Waals surface area contributed by atoms with Crippen molar-refractivity contribution in [3.63, 3.8) is 0 Å². The number of rotatable bonds is 4. The van der Waals surface area contributed by atoms with Gasteiger partial charge in [0.05, 0.1) is 17.3 Å². The van der Waals surface area contributed by atoms with Crippen molar-refractivity contribution < 1.29 is 9.59 Å². The van der Waals surface area contributed by atoms with E-state index in [0.29, 0.717) is 18.2 Å². The Balaban J connectivity index is 1.58. The molecule has 7 nitrogen and oxygen atoms in total. The Labute approximate surface area is 189 Å². The summed E-state index contributed by atoms with van der Waals surface area (Å²) in [6.07, 6.45) is 1.85. The molecule has 1 unspecified atom stereocenters. The van der Waals surface area contributed by atoms with Crippen LogP contribution in [0.15, 0.2) is 59.2 Å². The van der Waals surface area contributed by atoms with Gasteiger partial charge in [-0.15, -0.1) is 0 Å². The molecule has 0 radical (unpaired) electrons. The average molecular weight is 482 g/mol. The first-order chi connectivity index (χ1) is 14.7. The zero-order chi connectivity index (χ0) is 22.2. The molecule has 2 amide bonds. The summed E-state index contributed by atoms with van der Waals surface area (Å²) in [5.74, 6) is 0.428. The molecule has 3 heterocycles. The van der Waals surface area contributed by atoms with Crippen LogP contribution in [0.3, 0.4) is 0 Å². The van der Waals surface area contributed by atoms with Crippen LogP contribution in [0.25, 0.3) is 5.82 Å². The number of hydrogen-bond donors (Lipinski definition) is 1. The topological polar surface area (TPSA) is 80.1 Å². The van der Waals surface area contributed by atoms with Crippen molar-refractivity contribution in [1.29, 1.82) is 0 Å². The van der Waals surface area contributed by atoms with Crippen LogP contribution in [0.2, 0.25) is 0 Å². The first-order valence-corrected chi connectivity index (χ1v) is 10.9. The van der Waals surface area contributed by atoms with Crippen molar-refractivity contribution in [3.05, 3.63) is 64.9 Å². The molecule has 1 aliphatic rings. The third kappa shape index (κ3) is 4.39. The van der Waals surface area contributed by atoms with Crippen LogP contribution >= 0.6 is 15.9 Å². The minimum atomic E-state index is -0.454. The number of pyridine rings is 1. The molecule has 1 atom stereocenters. The number of anilines is 2. The number of para-hydroxylation sites is 1. The maximum atomic E-state index is 13.1. The van der Waals surface area contributed by atoms with Gasteiger partial charge in [0.25, 0.3) is 0 Å². The Morgan fingerprint density at radius 3 is 2.58 bits per heavy atom. The van der Waals surface area contributed by atoms with E-state index in [1.54, 1.807) is 15.8 Å². The summed E-state index contributed by atoms with van der Waals surface area (Å²) in [4.78, 5) is 31.7. The van der Waals surface area contributed by atoms with E-state index in [1.165, 1.54) is 0 Å². The second-order valence-electron chi connectivity index (χ2n) is 8.61. The van der Waals surface area contributed by atoms with Gasteiger partial charge in [0, 0.05) is 35.1 Å². The molecule has 8 heteroatoms. The lowest BCUT2D eigenvalue weighted by Crippen LogP contribution is -2.28. The first kappa shape index (κ1) is 21.2. The van der Waals surface area contributed by atoms with Crippen LogP contribution < -0.4 is 10.2 Å². The fraction of sp³-hybridized carbons (Fsp3) is 0.304. The number of carbonyl (C=O) groups excluding carboxylic acids is 2. The Hall–Kier alpha value is -3.00. The van der Waals surface area contributed by atoms with Gasteiger partial charge in [0.15, 0.2) is 5.82 Å². The Kier molecular flexibility index (Phi) is 5.66. The molecule has 160 valence electrons. The van der Waals surface area contributed by atoms with Gasteiger partial charge in [-0.3, -0.25) is 9.59 Å².